The lowest BCUT2D eigenvalue weighted by Crippen LogP contribution is -2.49. The van der Waals surface area contributed by atoms with Crippen LogP contribution in [0.1, 0.15) is 68.3 Å². The van der Waals surface area contributed by atoms with Crippen molar-refractivity contribution in [3.8, 4) is 6.07 Å². The second kappa shape index (κ2) is 8.78. The van der Waals surface area contributed by atoms with E-state index in [-0.39, 0.29) is 24.4 Å². The lowest BCUT2D eigenvalue weighted by atomic mass is 10.1. The minimum atomic E-state index is -0.100. The van der Waals surface area contributed by atoms with E-state index in [0.717, 1.165) is 43.5 Å². The first-order valence-corrected chi connectivity index (χ1v) is 10.3. The Morgan fingerprint density at radius 3 is 2.54 bits per heavy atom. The summed E-state index contributed by atoms with van der Waals surface area (Å²) < 4.78 is 2.18. The number of aromatic nitrogens is 1. The Bertz CT molecular complexity index is 786. The monoisotopic (exact) mass is 385 g/mol. The summed E-state index contributed by atoms with van der Waals surface area (Å²) in [5.41, 5.74) is 2.60. The van der Waals surface area contributed by atoms with Crippen LogP contribution in [0.25, 0.3) is 0 Å². The van der Waals surface area contributed by atoms with Crippen molar-refractivity contribution in [3.63, 3.8) is 0 Å². The second-order valence-electron chi connectivity index (χ2n) is 8.18. The SMILES string of the molecule is CC(=O)NC1CCCN(CC(=O)Nc2c(C#N)c(C)c(C)n2C2CCCC2)C1. The van der Waals surface area contributed by atoms with Crippen LogP contribution in [0, 0.1) is 25.2 Å². The Kier molecular flexibility index (Phi) is 6.40. The van der Waals surface area contributed by atoms with Crippen molar-refractivity contribution in [2.24, 2.45) is 0 Å². The number of carbonyl (C=O) groups excluding carboxylic acids is 2. The smallest absolute Gasteiger partial charge is 0.239 e. The fourth-order valence-corrected chi connectivity index (χ4v) is 4.68. The lowest BCUT2D eigenvalue weighted by Gasteiger charge is -2.32. The summed E-state index contributed by atoms with van der Waals surface area (Å²) in [7, 11) is 0. The van der Waals surface area contributed by atoms with E-state index in [1.807, 2.05) is 13.8 Å². The zero-order valence-electron chi connectivity index (χ0n) is 17.2. The van der Waals surface area contributed by atoms with Crippen LogP contribution < -0.4 is 10.6 Å². The van der Waals surface area contributed by atoms with Crippen LogP contribution in [0.3, 0.4) is 0 Å². The van der Waals surface area contributed by atoms with E-state index in [1.54, 1.807) is 0 Å². The predicted molar refractivity (Wildman–Crippen MR) is 108 cm³/mol. The summed E-state index contributed by atoms with van der Waals surface area (Å²) in [5, 5.41) is 15.7. The van der Waals surface area contributed by atoms with Gasteiger partial charge in [-0.25, -0.2) is 0 Å². The van der Waals surface area contributed by atoms with Crippen LogP contribution in [0.5, 0.6) is 0 Å². The van der Waals surface area contributed by atoms with Crippen LogP contribution >= 0.6 is 0 Å². The number of nitrogens with zero attached hydrogens (tertiary/aromatic N) is 3. The quantitative estimate of drug-likeness (QED) is 0.815. The van der Waals surface area contributed by atoms with Crippen molar-refractivity contribution in [3.05, 3.63) is 16.8 Å². The number of hydrogen-bond acceptors (Lipinski definition) is 4. The molecule has 0 spiro atoms. The molecule has 1 saturated carbocycles. The van der Waals surface area contributed by atoms with Gasteiger partial charge in [0.1, 0.15) is 11.9 Å². The summed E-state index contributed by atoms with van der Waals surface area (Å²) in [6.07, 6.45) is 6.46. The van der Waals surface area contributed by atoms with Gasteiger partial charge in [0.05, 0.1) is 12.1 Å². The molecule has 0 bridgehead atoms. The third-order valence-electron chi connectivity index (χ3n) is 6.10. The highest BCUT2D eigenvalue weighted by Gasteiger charge is 2.28. The lowest BCUT2D eigenvalue weighted by molar-refractivity contribution is -0.120. The fraction of sp³-hybridized carbons (Fsp3) is 0.667. The molecule has 1 saturated heterocycles. The summed E-state index contributed by atoms with van der Waals surface area (Å²) in [6, 6.07) is 2.74. The van der Waals surface area contributed by atoms with E-state index in [2.05, 4.69) is 26.2 Å². The number of carbonyl (C=O) groups is 2. The van der Waals surface area contributed by atoms with Gasteiger partial charge in [0, 0.05) is 31.2 Å². The van der Waals surface area contributed by atoms with Crippen LogP contribution in [0.4, 0.5) is 5.82 Å². The summed E-state index contributed by atoms with van der Waals surface area (Å²) in [4.78, 5) is 26.2. The molecule has 1 aliphatic carbocycles. The molecule has 7 nitrogen and oxygen atoms in total. The fourth-order valence-electron chi connectivity index (χ4n) is 4.68. The maximum atomic E-state index is 12.8. The van der Waals surface area contributed by atoms with Crippen LogP contribution in [0.15, 0.2) is 0 Å². The standard InChI is InChI=1S/C21H31N5O2/c1-14-15(2)26(18-8-4-5-9-18)21(19(14)11-22)24-20(28)13-25-10-6-7-17(12-25)23-16(3)27/h17-18H,4-10,12-13H2,1-3H3,(H,23,27)(H,24,28). The zero-order valence-corrected chi connectivity index (χ0v) is 17.2. The molecule has 152 valence electrons. The highest BCUT2D eigenvalue weighted by molar-refractivity contribution is 5.93. The van der Waals surface area contributed by atoms with Gasteiger partial charge in [-0.3, -0.25) is 14.5 Å². The Morgan fingerprint density at radius 1 is 1.18 bits per heavy atom. The third-order valence-corrected chi connectivity index (χ3v) is 6.10. The van der Waals surface area contributed by atoms with Crippen molar-refractivity contribution >= 4 is 17.6 Å². The summed E-state index contributed by atoms with van der Waals surface area (Å²) in [6.45, 7) is 7.31. The third kappa shape index (κ3) is 4.39. The molecule has 0 radical (unpaired) electrons. The van der Waals surface area contributed by atoms with Crippen LogP contribution in [0.2, 0.25) is 0 Å². The second-order valence-corrected chi connectivity index (χ2v) is 8.18. The number of nitrogens with one attached hydrogen (secondary N) is 2. The normalized spacial score (nSPS) is 20.7. The average Bonchev–Trinajstić information content (AvgIpc) is 3.22. The first-order chi connectivity index (χ1) is 13.4. The molecule has 2 N–H and O–H groups in total. The van der Waals surface area contributed by atoms with Gasteiger partial charge < -0.3 is 15.2 Å². The molecule has 28 heavy (non-hydrogen) atoms. The highest BCUT2D eigenvalue weighted by atomic mass is 16.2. The van der Waals surface area contributed by atoms with Crippen molar-refractivity contribution in [2.75, 3.05) is 25.0 Å². The van der Waals surface area contributed by atoms with E-state index in [9.17, 15) is 14.9 Å². The minimum Gasteiger partial charge on any atom is -0.352 e. The van der Waals surface area contributed by atoms with Gasteiger partial charge in [-0.2, -0.15) is 5.26 Å². The molecule has 7 heteroatoms. The molecular formula is C21H31N5O2. The molecular weight excluding hydrogens is 354 g/mol. The Morgan fingerprint density at radius 2 is 1.89 bits per heavy atom. The largest absolute Gasteiger partial charge is 0.352 e. The van der Waals surface area contributed by atoms with Gasteiger partial charge >= 0.3 is 0 Å². The van der Waals surface area contributed by atoms with E-state index in [0.29, 0.717) is 24.0 Å². The number of anilines is 1. The number of amides is 2. The number of hydrogen-bond donors (Lipinski definition) is 2. The van der Waals surface area contributed by atoms with E-state index >= 15 is 0 Å². The molecule has 0 aromatic carbocycles. The Labute approximate surface area is 167 Å². The number of piperidine rings is 1. The first-order valence-electron chi connectivity index (χ1n) is 10.3. The topological polar surface area (TPSA) is 90.2 Å². The first kappa shape index (κ1) is 20.4. The number of nitriles is 1. The molecule has 3 rings (SSSR count). The molecule has 1 aliphatic heterocycles. The average molecular weight is 386 g/mol. The van der Waals surface area contributed by atoms with Crippen molar-refractivity contribution < 1.29 is 9.59 Å². The molecule has 1 unspecified atom stereocenters. The van der Waals surface area contributed by atoms with Crippen LogP contribution in [-0.2, 0) is 9.59 Å². The number of rotatable bonds is 5. The van der Waals surface area contributed by atoms with E-state index in [1.165, 1.54) is 19.8 Å². The van der Waals surface area contributed by atoms with Gasteiger partial charge in [0.25, 0.3) is 0 Å². The summed E-state index contributed by atoms with van der Waals surface area (Å²) >= 11 is 0. The molecule has 2 heterocycles. The van der Waals surface area contributed by atoms with Gasteiger partial charge in [0.2, 0.25) is 11.8 Å². The van der Waals surface area contributed by atoms with Gasteiger partial charge in [0.15, 0.2) is 0 Å². The molecule has 1 aromatic rings. The number of likely N-dealkylation sites (tertiary alicyclic amines) is 1. The van der Waals surface area contributed by atoms with E-state index in [4.69, 9.17) is 0 Å². The van der Waals surface area contributed by atoms with Crippen molar-refractivity contribution in [1.82, 2.24) is 14.8 Å². The minimum absolute atomic E-state index is 0.0321. The van der Waals surface area contributed by atoms with Gasteiger partial charge in [-0.05, 0) is 51.6 Å². The Balaban J connectivity index is 1.72. The maximum Gasteiger partial charge on any atom is 0.239 e. The highest BCUT2D eigenvalue weighted by Crippen LogP contribution is 2.37. The van der Waals surface area contributed by atoms with Crippen molar-refractivity contribution in [1.29, 1.82) is 5.26 Å². The van der Waals surface area contributed by atoms with E-state index < -0.39 is 0 Å². The van der Waals surface area contributed by atoms with Gasteiger partial charge in [-0.1, -0.05) is 12.8 Å². The summed E-state index contributed by atoms with van der Waals surface area (Å²) in [5.74, 6) is 0.525. The molecule has 2 aliphatic rings. The molecule has 1 aromatic heterocycles. The predicted octanol–water partition coefficient (Wildman–Crippen LogP) is 2.63. The van der Waals surface area contributed by atoms with Crippen molar-refractivity contribution in [2.45, 2.75) is 71.4 Å². The molecule has 1 atom stereocenters. The van der Waals surface area contributed by atoms with Crippen LogP contribution in [-0.4, -0.2) is 47.0 Å². The Hall–Kier alpha value is -2.33. The molecule has 2 amide bonds. The zero-order chi connectivity index (χ0) is 20.3. The van der Waals surface area contributed by atoms with Gasteiger partial charge in [-0.15, -0.1) is 0 Å². The maximum absolute atomic E-state index is 12.8. The molecule has 2 fully saturated rings.